The summed E-state index contributed by atoms with van der Waals surface area (Å²) in [6, 6.07) is 4.47. The second kappa shape index (κ2) is 4.85. The maximum atomic E-state index is 13.8. The molecule has 2 aromatic rings. The largest absolute Gasteiger partial charge is 0.345 e. The van der Waals surface area contributed by atoms with Crippen LogP contribution in [0.4, 0.5) is 4.39 Å². The summed E-state index contributed by atoms with van der Waals surface area (Å²) in [5, 5.41) is 3.51. The third-order valence-electron chi connectivity index (χ3n) is 2.43. The van der Waals surface area contributed by atoms with Crippen LogP contribution in [0.2, 0.25) is 5.02 Å². The number of H-pyrrole nitrogens is 1. The molecule has 90 valence electrons. The summed E-state index contributed by atoms with van der Waals surface area (Å²) in [6.07, 6.45) is 0. The molecule has 2 N–H and O–H groups in total. The smallest absolute Gasteiger partial charge is 0.132 e. The molecule has 0 saturated carbocycles. The Kier molecular flexibility index (Phi) is 3.45. The van der Waals surface area contributed by atoms with Crippen molar-refractivity contribution in [2.24, 2.45) is 0 Å². The first-order chi connectivity index (χ1) is 8.11. The van der Waals surface area contributed by atoms with Gasteiger partial charge in [-0.15, -0.1) is 0 Å². The van der Waals surface area contributed by atoms with Crippen LogP contribution in [-0.4, -0.2) is 17.0 Å². The van der Waals surface area contributed by atoms with E-state index >= 15 is 0 Å². The van der Waals surface area contributed by atoms with Gasteiger partial charge < -0.3 is 10.3 Å². The Hall–Kier alpha value is -1.39. The summed E-state index contributed by atoms with van der Waals surface area (Å²) in [5.74, 6) is 0.433. The van der Waals surface area contributed by atoms with Gasteiger partial charge in [0.05, 0.1) is 11.4 Å². The van der Waals surface area contributed by atoms with Gasteiger partial charge in [0.25, 0.3) is 0 Å². The molecule has 0 bridgehead atoms. The fourth-order valence-electron chi connectivity index (χ4n) is 1.75. The molecule has 0 amide bonds. The summed E-state index contributed by atoms with van der Waals surface area (Å²) in [6.45, 7) is 2.44. The van der Waals surface area contributed by atoms with Crippen LogP contribution < -0.4 is 5.32 Å². The molecule has 0 aliphatic carbocycles. The lowest BCUT2D eigenvalue weighted by molar-refractivity contribution is 0.630. The van der Waals surface area contributed by atoms with Crippen molar-refractivity contribution in [1.29, 1.82) is 0 Å². The quantitative estimate of drug-likeness (QED) is 0.883. The molecule has 1 heterocycles. The van der Waals surface area contributed by atoms with Crippen LogP contribution in [-0.2, 0) is 6.54 Å². The van der Waals surface area contributed by atoms with Crippen molar-refractivity contribution in [2.75, 3.05) is 7.05 Å². The molecule has 5 heteroatoms. The van der Waals surface area contributed by atoms with E-state index in [9.17, 15) is 4.39 Å². The zero-order valence-electron chi connectivity index (χ0n) is 9.64. The minimum atomic E-state index is -0.321. The number of aromatic amines is 1. The number of aryl methyl sites for hydroxylation is 1. The van der Waals surface area contributed by atoms with E-state index < -0.39 is 0 Å². The molecule has 0 spiro atoms. The number of halogens is 2. The molecular formula is C12H13ClFN3. The van der Waals surface area contributed by atoms with Crippen LogP contribution in [0, 0.1) is 12.7 Å². The molecule has 0 unspecified atom stereocenters. The fourth-order valence-corrected chi connectivity index (χ4v) is 1.92. The third kappa shape index (κ3) is 2.48. The first-order valence-corrected chi connectivity index (χ1v) is 5.65. The number of hydrogen-bond acceptors (Lipinski definition) is 2. The second-order valence-electron chi connectivity index (χ2n) is 3.80. The third-order valence-corrected chi connectivity index (χ3v) is 2.67. The van der Waals surface area contributed by atoms with Gasteiger partial charge in [-0.2, -0.15) is 0 Å². The van der Waals surface area contributed by atoms with Crippen molar-refractivity contribution < 1.29 is 4.39 Å². The lowest BCUT2D eigenvalue weighted by Crippen LogP contribution is -2.06. The van der Waals surface area contributed by atoms with Crippen molar-refractivity contribution in [2.45, 2.75) is 13.5 Å². The highest BCUT2D eigenvalue weighted by Crippen LogP contribution is 2.27. The Morgan fingerprint density at radius 1 is 1.47 bits per heavy atom. The average Bonchev–Trinajstić information content (AvgIpc) is 2.64. The standard InChI is InChI=1S/C12H13ClFN3/c1-7-16-11(6-15-2)12(17-7)9-5-8(13)3-4-10(9)14/h3-5,15H,6H2,1-2H3,(H,16,17). The highest BCUT2D eigenvalue weighted by Gasteiger charge is 2.14. The van der Waals surface area contributed by atoms with Crippen molar-refractivity contribution in [3.8, 4) is 11.3 Å². The van der Waals surface area contributed by atoms with E-state index in [1.165, 1.54) is 12.1 Å². The zero-order chi connectivity index (χ0) is 12.4. The monoisotopic (exact) mass is 253 g/mol. The van der Waals surface area contributed by atoms with Gasteiger partial charge in [0, 0.05) is 17.1 Å². The normalized spacial score (nSPS) is 10.8. The number of hydrogen-bond donors (Lipinski definition) is 2. The van der Waals surface area contributed by atoms with Gasteiger partial charge in [-0.3, -0.25) is 0 Å². The van der Waals surface area contributed by atoms with Crippen molar-refractivity contribution >= 4 is 11.6 Å². The van der Waals surface area contributed by atoms with E-state index in [0.29, 0.717) is 22.8 Å². The van der Waals surface area contributed by atoms with E-state index in [0.717, 1.165) is 11.5 Å². The summed E-state index contributed by atoms with van der Waals surface area (Å²) in [5.41, 5.74) is 1.88. The number of rotatable bonds is 3. The van der Waals surface area contributed by atoms with Crippen LogP contribution in [0.15, 0.2) is 18.2 Å². The zero-order valence-corrected chi connectivity index (χ0v) is 10.4. The molecule has 0 radical (unpaired) electrons. The summed E-state index contributed by atoms with van der Waals surface area (Å²) in [7, 11) is 1.83. The molecular weight excluding hydrogens is 241 g/mol. The molecule has 17 heavy (non-hydrogen) atoms. The van der Waals surface area contributed by atoms with Crippen molar-refractivity contribution in [3.05, 3.63) is 40.6 Å². The lowest BCUT2D eigenvalue weighted by atomic mass is 10.1. The maximum Gasteiger partial charge on any atom is 0.132 e. The van der Waals surface area contributed by atoms with E-state index in [1.807, 2.05) is 14.0 Å². The van der Waals surface area contributed by atoms with Gasteiger partial charge in [-0.05, 0) is 32.2 Å². The van der Waals surface area contributed by atoms with E-state index in [1.54, 1.807) is 6.07 Å². The van der Waals surface area contributed by atoms with E-state index in [4.69, 9.17) is 11.6 Å². The molecule has 0 atom stereocenters. The van der Waals surface area contributed by atoms with Gasteiger partial charge in [0.2, 0.25) is 0 Å². The molecule has 1 aromatic heterocycles. The van der Waals surface area contributed by atoms with Gasteiger partial charge in [0.15, 0.2) is 0 Å². The molecule has 0 fully saturated rings. The Bertz CT molecular complexity index is 537. The van der Waals surface area contributed by atoms with Crippen LogP contribution in [0.5, 0.6) is 0 Å². The van der Waals surface area contributed by atoms with E-state index in [-0.39, 0.29) is 5.82 Å². The summed E-state index contributed by atoms with van der Waals surface area (Å²) >= 11 is 5.88. The lowest BCUT2D eigenvalue weighted by Gasteiger charge is -2.04. The topological polar surface area (TPSA) is 40.7 Å². The maximum absolute atomic E-state index is 13.8. The predicted octanol–water partition coefficient (Wildman–Crippen LogP) is 2.90. The Labute approximate surface area is 104 Å². The number of aromatic nitrogens is 2. The van der Waals surface area contributed by atoms with Crippen LogP contribution in [0.25, 0.3) is 11.3 Å². The van der Waals surface area contributed by atoms with Crippen molar-refractivity contribution in [3.63, 3.8) is 0 Å². The van der Waals surface area contributed by atoms with Crippen LogP contribution in [0.1, 0.15) is 11.5 Å². The number of benzene rings is 1. The number of imidazole rings is 1. The van der Waals surface area contributed by atoms with Crippen LogP contribution in [0.3, 0.4) is 0 Å². The highest BCUT2D eigenvalue weighted by molar-refractivity contribution is 6.30. The number of nitrogens with one attached hydrogen (secondary N) is 2. The van der Waals surface area contributed by atoms with E-state index in [2.05, 4.69) is 15.3 Å². The molecule has 0 saturated heterocycles. The Morgan fingerprint density at radius 2 is 2.24 bits per heavy atom. The molecule has 0 aliphatic heterocycles. The Balaban J connectivity index is 2.55. The van der Waals surface area contributed by atoms with Gasteiger partial charge in [-0.1, -0.05) is 11.6 Å². The molecule has 1 aromatic carbocycles. The fraction of sp³-hybridized carbons (Fsp3) is 0.250. The predicted molar refractivity (Wildman–Crippen MR) is 66.5 cm³/mol. The minimum absolute atomic E-state index is 0.321. The molecule has 2 rings (SSSR count). The Morgan fingerprint density at radius 3 is 2.94 bits per heavy atom. The van der Waals surface area contributed by atoms with Crippen molar-refractivity contribution in [1.82, 2.24) is 15.3 Å². The minimum Gasteiger partial charge on any atom is -0.345 e. The van der Waals surface area contributed by atoms with Gasteiger partial charge >= 0.3 is 0 Å². The van der Waals surface area contributed by atoms with Gasteiger partial charge in [-0.25, -0.2) is 9.37 Å². The highest BCUT2D eigenvalue weighted by atomic mass is 35.5. The summed E-state index contributed by atoms with van der Waals surface area (Å²) in [4.78, 5) is 7.41. The summed E-state index contributed by atoms with van der Waals surface area (Å²) < 4.78 is 13.8. The molecule has 0 aliphatic rings. The first-order valence-electron chi connectivity index (χ1n) is 5.27. The van der Waals surface area contributed by atoms with Gasteiger partial charge in [0.1, 0.15) is 11.6 Å². The van der Waals surface area contributed by atoms with Crippen LogP contribution >= 0.6 is 11.6 Å². The SMILES string of the molecule is CNCc1[nH]c(C)nc1-c1cc(Cl)ccc1F. The second-order valence-corrected chi connectivity index (χ2v) is 4.24. The number of nitrogens with zero attached hydrogens (tertiary/aromatic N) is 1. The first kappa shape index (κ1) is 12.1. The molecule has 3 nitrogen and oxygen atoms in total. The average molecular weight is 254 g/mol.